The van der Waals surface area contributed by atoms with Crippen LogP contribution in [0.15, 0.2) is 0 Å². The van der Waals surface area contributed by atoms with Crippen molar-refractivity contribution >= 4 is 17.5 Å². The molecule has 0 aliphatic carbocycles. The van der Waals surface area contributed by atoms with Gasteiger partial charge in [0, 0.05) is 13.7 Å². The molecule has 0 aliphatic heterocycles. The Labute approximate surface area is 155 Å². The number of aromatic nitrogens is 2. The van der Waals surface area contributed by atoms with Gasteiger partial charge in [0.15, 0.2) is 0 Å². The second-order valence-electron chi connectivity index (χ2n) is 6.62. The molecule has 148 valence electrons. The van der Waals surface area contributed by atoms with Crippen LogP contribution in [0.25, 0.3) is 0 Å². The van der Waals surface area contributed by atoms with E-state index in [0.717, 1.165) is 18.5 Å². The maximum Gasteiger partial charge on any atom is 0.313 e. The molecule has 8 heteroatoms. The number of nitrogens with one attached hydrogen (secondary N) is 2. The smallest absolute Gasteiger partial charge is 0.313 e. The Hall–Kier alpha value is -1.93. The van der Waals surface area contributed by atoms with Crippen LogP contribution >= 0.6 is 0 Å². The van der Waals surface area contributed by atoms with E-state index in [-0.39, 0.29) is 6.54 Å². The first-order chi connectivity index (χ1) is 12.3. The van der Waals surface area contributed by atoms with Gasteiger partial charge in [-0.25, -0.2) is 0 Å². The molecule has 0 aromatic carbocycles. The van der Waals surface area contributed by atoms with Crippen LogP contribution in [0.5, 0.6) is 0 Å². The highest BCUT2D eigenvalue weighted by molar-refractivity contribution is 6.39. The second kappa shape index (κ2) is 10.3. The molecule has 0 saturated heterocycles. The van der Waals surface area contributed by atoms with E-state index < -0.39 is 17.4 Å². The quantitative estimate of drug-likeness (QED) is 0.543. The van der Waals surface area contributed by atoms with E-state index in [1.807, 2.05) is 20.8 Å². The summed E-state index contributed by atoms with van der Waals surface area (Å²) < 4.78 is 6.77. The number of carbonyl (C=O) groups excluding carboxylic acids is 2. The number of methoxy groups -OCH3 is 1. The zero-order valence-corrected chi connectivity index (χ0v) is 16.5. The fourth-order valence-corrected chi connectivity index (χ4v) is 3.00. The molecule has 0 aliphatic rings. The second-order valence-corrected chi connectivity index (χ2v) is 6.62. The maximum atomic E-state index is 12.2. The minimum Gasteiger partial charge on any atom is -0.388 e. The Morgan fingerprint density at radius 1 is 1.19 bits per heavy atom. The van der Waals surface area contributed by atoms with E-state index >= 15 is 0 Å². The highest BCUT2D eigenvalue weighted by atomic mass is 16.5. The normalized spacial score (nSPS) is 11.5. The number of carbonyl (C=O) groups is 2. The number of hydrogen-bond acceptors (Lipinski definition) is 5. The average molecular weight is 368 g/mol. The van der Waals surface area contributed by atoms with Gasteiger partial charge in [0.05, 0.1) is 35.8 Å². The molecular formula is C18H32N4O4. The van der Waals surface area contributed by atoms with E-state index in [9.17, 15) is 14.7 Å². The number of nitrogens with zero attached hydrogens (tertiary/aromatic N) is 2. The first-order valence-corrected chi connectivity index (χ1v) is 9.12. The van der Waals surface area contributed by atoms with Gasteiger partial charge in [-0.15, -0.1) is 0 Å². The number of aliphatic hydroxyl groups is 1. The molecule has 2 amide bonds. The molecule has 0 fully saturated rings. The number of rotatable bonds is 10. The van der Waals surface area contributed by atoms with Crippen LogP contribution in [-0.2, 0) is 20.9 Å². The summed E-state index contributed by atoms with van der Waals surface area (Å²) in [5.41, 5.74) is 0.942. The fraction of sp³-hybridized carbons (Fsp3) is 0.722. The van der Waals surface area contributed by atoms with Gasteiger partial charge in [-0.05, 0) is 26.7 Å². The van der Waals surface area contributed by atoms with Crippen molar-refractivity contribution in [3.8, 4) is 0 Å². The number of amides is 2. The molecule has 0 spiro atoms. The van der Waals surface area contributed by atoms with E-state index in [1.54, 1.807) is 18.7 Å². The molecule has 1 heterocycles. The van der Waals surface area contributed by atoms with E-state index in [1.165, 1.54) is 0 Å². The summed E-state index contributed by atoms with van der Waals surface area (Å²) >= 11 is 0. The number of anilines is 1. The molecule has 0 unspecified atom stereocenters. The van der Waals surface area contributed by atoms with Crippen molar-refractivity contribution in [2.75, 3.05) is 25.6 Å². The minimum absolute atomic E-state index is 0.0615. The van der Waals surface area contributed by atoms with Crippen molar-refractivity contribution in [1.29, 1.82) is 0 Å². The highest BCUT2D eigenvalue weighted by Gasteiger charge is 2.27. The minimum atomic E-state index is -0.976. The van der Waals surface area contributed by atoms with Crippen LogP contribution in [0, 0.1) is 13.8 Å². The van der Waals surface area contributed by atoms with Crippen molar-refractivity contribution in [3.05, 3.63) is 11.4 Å². The third-order valence-electron chi connectivity index (χ3n) is 4.34. The van der Waals surface area contributed by atoms with Gasteiger partial charge in [0.1, 0.15) is 0 Å². The number of ether oxygens (including phenoxy) is 1. The number of hydrogen-bond donors (Lipinski definition) is 3. The summed E-state index contributed by atoms with van der Waals surface area (Å²) in [6, 6.07) is 0. The highest BCUT2D eigenvalue weighted by Crippen LogP contribution is 2.20. The third kappa shape index (κ3) is 6.10. The lowest BCUT2D eigenvalue weighted by atomic mass is 9.92. The van der Waals surface area contributed by atoms with E-state index in [0.29, 0.717) is 37.4 Å². The van der Waals surface area contributed by atoms with Gasteiger partial charge in [-0.2, -0.15) is 5.10 Å². The monoisotopic (exact) mass is 368 g/mol. The van der Waals surface area contributed by atoms with Gasteiger partial charge >= 0.3 is 11.8 Å². The van der Waals surface area contributed by atoms with Crippen LogP contribution < -0.4 is 10.6 Å². The van der Waals surface area contributed by atoms with Crippen molar-refractivity contribution in [1.82, 2.24) is 15.1 Å². The lowest BCUT2D eigenvalue weighted by Crippen LogP contribution is -2.46. The van der Waals surface area contributed by atoms with E-state index in [4.69, 9.17) is 4.74 Å². The summed E-state index contributed by atoms with van der Waals surface area (Å²) in [7, 11) is 1.61. The summed E-state index contributed by atoms with van der Waals surface area (Å²) in [6.07, 6.45) is 2.76. The topological polar surface area (TPSA) is 105 Å². The van der Waals surface area contributed by atoms with Gasteiger partial charge < -0.3 is 20.5 Å². The van der Waals surface area contributed by atoms with Gasteiger partial charge in [-0.3, -0.25) is 14.3 Å². The first kappa shape index (κ1) is 22.1. The zero-order valence-electron chi connectivity index (χ0n) is 16.5. The Morgan fingerprint density at radius 3 is 2.35 bits per heavy atom. The molecular weight excluding hydrogens is 336 g/mol. The third-order valence-corrected chi connectivity index (χ3v) is 4.34. The first-order valence-electron chi connectivity index (χ1n) is 9.12. The zero-order chi connectivity index (χ0) is 19.7. The van der Waals surface area contributed by atoms with Gasteiger partial charge in [0.25, 0.3) is 0 Å². The largest absolute Gasteiger partial charge is 0.388 e. The summed E-state index contributed by atoms with van der Waals surface area (Å²) in [5.74, 6) is -1.53. The van der Waals surface area contributed by atoms with Crippen molar-refractivity contribution < 1.29 is 19.4 Å². The fourth-order valence-electron chi connectivity index (χ4n) is 3.00. The van der Waals surface area contributed by atoms with E-state index in [2.05, 4.69) is 15.7 Å². The predicted octanol–water partition coefficient (Wildman–Crippen LogP) is 1.53. The molecule has 26 heavy (non-hydrogen) atoms. The molecule has 0 bridgehead atoms. The summed E-state index contributed by atoms with van der Waals surface area (Å²) in [6.45, 7) is 8.67. The average Bonchev–Trinajstić information content (AvgIpc) is 2.85. The lowest BCUT2D eigenvalue weighted by Gasteiger charge is -2.27. The van der Waals surface area contributed by atoms with Crippen LogP contribution in [0.1, 0.15) is 50.9 Å². The number of aryl methyl sites for hydroxylation is 1. The van der Waals surface area contributed by atoms with Crippen LogP contribution in [0.4, 0.5) is 5.69 Å². The molecule has 0 saturated carbocycles. The molecule has 1 aromatic rings. The summed E-state index contributed by atoms with van der Waals surface area (Å²) in [4.78, 5) is 24.3. The molecule has 8 nitrogen and oxygen atoms in total. The Bertz CT molecular complexity index is 607. The Kier molecular flexibility index (Phi) is 8.74. The summed E-state index contributed by atoms with van der Waals surface area (Å²) in [5, 5.41) is 20.0. The van der Waals surface area contributed by atoms with Gasteiger partial charge in [-0.1, -0.05) is 26.7 Å². The molecule has 1 aromatic heterocycles. The van der Waals surface area contributed by atoms with Crippen molar-refractivity contribution in [2.24, 2.45) is 0 Å². The lowest BCUT2D eigenvalue weighted by molar-refractivity contribution is -0.137. The molecule has 1 rings (SSSR count). The Morgan fingerprint density at radius 2 is 1.81 bits per heavy atom. The maximum absolute atomic E-state index is 12.2. The SMILES string of the molecule is CCCC(O)(CCC)CNC(=O)C(=O)Nc1c(C)nn(CCOC)c1C. The van der Waals surface area contributed by atoms with Crippen LogP contribution in [0.3, 0.4) is 0 Å². The van der Waals surface area contributed by atoms with Crippen LogP contribution in [0.2, 0.25) is 0 Å². The molecule has 0 atom stereocenters. The van der Waals surface area contributed by atoms with Crippen molar-refractivity contribution in [2.45, 2.75) is 65.5 Å². The standard InChI is InChI=1S/C18H32N4O4/c1-6-8-18(25,9-7-2)12-19-16(23)17(24)20-15-13(3)21-22(14(15)4)10-11-26-5/h25H,6-12H2,1-5H3,(H,19,23)(H,20,24). The van der Waals surface area contributed by atoms with Gasteiger partial charge in [0.2, 0.25) is 0 Å². The van der Waals surface area contributed by atoms with Crippen molar-refractivity contribution in [3.63, 3.8) is 0 Å². The molecule has 0 radical (unpaired) electrons. The predicted molar refractivity (Wildman–Crippen MR) is 100.0 cm³/mol. The van der Waals surface area contributed by atoms with Crippen LogP contribution in [-0.4, -0.2) is 52.6 Å². The Balaban J connectivity index is 2.70. The molecule has 3 N–H and O–H groups in total.